The molecular formula is C4H12B2O4. The molecule has 0 aliphatic rings. The average molecular weight is 146 g/mol. The van der Waals surface area contributed by atoms with Crippen LogP contribution in [0.3, 0.4) is 0 Å². The van der Waals surface area contributed by atoms with Crippen molar-refractivity contribution in [1.82, 2.24) is 0 Å². The van der Waals surface area contributed by atoms with Crippen LogP contribution in [0.2, 0.25) is 5.72 Å². The lowest BCUT2D eigenvalue weighted by Gasteiger charge is -2.12. The molecule has 10 heavy (non-hydrogen) atoms. The molecule has 0 aromatic heterocycles. The molecule has 0 spiro atoms. The largest absolute Gasteiger partial charge is 0.452 e. The van der Waals surface area contributed by atoms with Crippen LogP contribution in [0.1, 0.15) is 19.8 Å². The first kappa shape index (κ1) is 9.97. The maximum atomic E-state index is 8.55. The van der Waals surface area contributed by atoms with Gasteiger partial charge in [0.2, 0.25) is 0 Å². The highest BCUT2D eigenvalue weighted by Crippen LogP contribution is 2.15. The molecule has 0 heterocycles. The van der Waals surface area contributed by atoms with Crippen molar-refractivity contribution in [2.45, 2.75) is 25.5 Å². The van der Waals surface area contributed by atoms with E-state index < -0.39 is 20.0 Å². The van der Waals surface area contributed by atoms with E-state index in [0.717, 1.165) is 0 Å². The Morgan fingerprint density at radius 2 is 1.50 bits per heavy atom. The normalized spacial score (nSPS) is 10.2. The van der Waals surface area contributed by atoms with Gasteiger partial charge in [0.25, 0.3) is 0 Å². The molecule has 0 aliphatic heterocycles. The molecule has 0 saturated heterocycles. The minimum absolute atomic E-state index is 0.398. The minimum atomic E-state index is -1.64. The first-order valence-corrected chi connectivity index (χ1v) is 3.31. The molecule has 0 rings (SSSR count). The second kappa shape index (κ2) is 4.73. The standard InChI is InChI=1S/C4H12B2O4/c1-2-3-4(5(7)8)6(9)10/h4,7-10H,2-3H2,1H3. The van der Waals surface area contributed by atoms with Gasteiger partial charge in [-0.15, -0.1) is 0 Å². The van der Waals surface area contributed by atoms with Crippen LogP contribution < -0.4 is 0 Å². The van der Waals surface area contributed by atoms with Crippen molar-refractivity contribution in [1.29, 1.82) is 0 Å². The molecule has 0 saturated carbocycles. The Labute approximate surface area is 60.8 Å². The summed E-state index contributed by atoms with van der Waals surface area (Å²) < 4.78 is 0. The van der Waals surface area contributed by atoms with Crippen molar-refractivity contribution in [2.75, 3.05) is 0 Å². The summed E-state index contributed by atoms with van der Waals surface area (Å²) in [6.45, 7) is 1.83. The lowest BCUT2D eigenvalue weighted by atomic mass is 9.51. The summed E-state index contributed by atoms with van der Waals surface area (Å²) in [5.41, 5.74) is -0.843. The van der Waals surface area contributed by atoms with E-state index in [2.05, 4.69) is 0 Å². The van der Waals surface area contributed by atoms with Crippen LogP contribution in [0, 0.1) is 0 Å². The van der Waals surface area contributed by atoms with Gasteiger partial charge in [0, 0.05) is 5.72 Å². The molecule has 0 aliphatic carbocycles. The van der Waals surface area contributed by atoms with Gasteiger partial charge in [0.15, 0.2) is 0 Å². The first-order valence-electron chi connectivity index (χ1n) is 3.31. The Morgan fingerprint density at radius 1 is 1.10 bits per heavy atom. The number of hydrogen-bond acceptors (Lipinski definition) is 4. The molecule has 58 valence electrons. The fourth-order valence-corrected chi connectivity index (χ4v) is 0.785. The molecule has 4 N–H and O–H groups in total. The van der Waals surface area contributed by atoms with Gasteiger partial charge in [-0.1, -0.05) is 19.8 Å². The van der Waals surface area contributed by atoms with Gasteiger partial charge >= 0.3 is 14.2 Å². The maximum Gasteiger partial charge on any atom is 0.452 e. The molecule has 6 heteroatoms. The Morgan fingerprint density at radius 3 is 1.60 bits per heavy atom. The summed E-state index contributed by atoms with van der Waals surface area (Å²) in [6, 6.07) is 0. The SMILES string of the molecule is CCCC(B(O)O)B(O)O. The lowest BCUT2D eigenvalue weighted by Crippen LogP contribution is -2.33. The molecule has 0 radical (unpaired) electrons. The van der Waals surface area contributed by atoms with Crippen LogP contribution >= 0.6 is 0 Å². The third-order valence-electron chi connectivity index (χ3n) is 1.39. The minimum Gasteiger partial charge on any atom is -0.427 e. The van der Waals surface area contributed by atoms with Crippen molar-refractivity contribution in [2.24, 2.45) is 0 Å². The highest BCUT2D eigenvalue weighted by Gasteiger charge is 2.32. The van der Waals surface area contributed by atoms with Gasteiger partial charge in [-0.25, -0.2) is 0 Å². The van der Waals surface area contributed by atoms with E-state index in [1.54, 1.807) is 0 Å². The van der Waals surface area contributed by atoms with Crippen molar-refractivity contribution in [3.63, 3.8) is 0 Å². The lowest BCUT2D eigenvalue weighted by molar-refractivity contribution is 0.353. The van der Waals surface area contributed by atoms with E-state index in [9.17, 15) is 0 Å². The zero-order valence-electron chi connectivity index (χ0n) is 5.94. The van der Waals surface area contributed by atoms with Crippen LogP contribution in [-0.4, -0.2) is 34.3 Å². The predicted octanol–water partition coefficient (Wildman–Crippen LogP) is -1.36. The number of hydrogen-bond donors (Lipinski definition) is 4. The first-order chi connectivity index (χ1) is 4.59. The van der Waals surface area contributed by atoms with Crippen LogP contribution in [0.25, 0.3) is 0 Å². The van der Waals surface area contributed by atoms with Crippen LogP contribution in [-0.2, 0) is 0 Å². The van der Waals surface area contributed by atoms with Gasteiger partial charge < -0.3 is 20.1 Å². The zero-order valence-corrected chi connectivity index (χ0v) is 5.94. The summed E-state index contributed by atoms with van der Waals surface area (Å²) in [5, 5.41) is 34.2. The van der Waals surface area contributed by atoms with Crippen LogP contribution in [0.5, 0.6) is 0 Å². The summed E-state index contributed by atoms with van der Waals surface area (Å²) in [5.74, 6) is 0. The second-order valence-electron chi connectivity index (χ2n) is 2.28. The Hall–Kier alpha value is -0.0301. The van der Waals surface area contributed by atoms with E-state index in [4.69, 9.17) is 20.1 Å². The number of rotatable bonds is 4. The molecule has 0 unspecified atom stereocenters. The van der Waals surface area contributed by atoms with Gasteiger partial charge in [0.05, 0.1) is 0 Å². The molecule has 0 bridgehead atoms. The average Bonchev–Trinajstić information content (AvgIpc) is 1.81. The van der Waals surface area contributed by atoms with E-state index in [-0.39, 0.29) is 0 Å². The van der Waals surface area contributed by atoms with Crippen molar-refractivity contribution < 1.29 is 20.1 Å². The summed E-state index contributed by atoms with van der Waals surface area (Å²) in [6.07, 6.45) is 1.09. The molecule has 0 aromatic rings. The molecule has 0 fully saturated rings. The molecule has 0 atom stereocenters. The summed E-state index contributed by atoms with van der Waals surface area (Å²) in [4.78, 5) is 0. The Kier molecular flexibility index (Phi) is 4.72. The molecular weight excluding hydrogens is 134 g/mol. The fraction of sp³-hybridized carbons (Fsp3) is 1.00. The quantitative estimate of drug-likeness (QED) is 0.369. The third kappa shape index (κ3) is 3.22. The summed E-state index contributed by atoms with van der Waals surface area (Å²) >= 11 is 0. The third-order valence-corrected chi connectivity index (χ3v) is 1.39. The Balaban J connectivity index is 3.73. The van der Waals surface area contributed by atoms with Gasteiger partial charge in [-0.05, 0) is 0 Å². The van der Waals surface area contributed by atoms with E-state index in [0.29, 0.717) is 12.8 Å². The highest BCUT2D eigenvalue weighted by molar-refractivity contribution is 6.64. The van der Waals surface area contributed by atoms with Crippen LogP contribution in [0.4, 0.5) is 0 Å². The predicted molar refractivity (Wildman–Crippen MR) is 39.0 cm³/mol. The van der Waals surface area contributed by atoms with E-state index >= 15 is 0 Å². The fourth-order valence-electron chi connectivity index (χ4n) is 0.785. The van der Waals surface area contributed by atoms with Crippen LogP contribution in [0.15, 0.2) is 0 Å². The van der Waals surface area contributed by atoms with Crippen molar-refractivity contribution in [3.8, 4) is 0 Å². The monoisotopic (exact) mass is 146 g/mol. The topological polar surface area (TPSA) is 80.9 Å². The maximum absolute atomic E-state index is 8.55. The van der Waals surface area contributed by atoms with E-state index in [1.165, 1.54) is 0 Å². The zero-order chi connectivity index (χ0) is 8.15. The van der Waals surface area contributed by atoms with Gasteiger partial charge in [-0.3, -0.25) is 0 Å². The summed E-state index contributed by atoms with van der Waals surface area (Å²) in [7, 11) is -3.28. The Bertz CT molecular complexity index is 79.3. The highest BCUT2D eigenvalue weighted by atomic mass is 16.4. The van der Waals surface area contributed by atoms with Crippen molar-refractivity contribution >= 4 is 14.2 Å². The van der Waals surface area contributed by atoms with Gasteiger partial charge in [-0.2, -0.15) is 0 Å². The molecule has 4 nitrogen and oxygen atoms in total. The van der Waals surface area contributed by atoms with E-state index in [1.807, 2.05) is 6.92 Å². The molecule has 0 amide bonds. The second-order valence-corrected chi connectivity index (χ2v) is 2.28. The van der Waals surface area contributed by atoms with Gasteiger partial charge in [0.1, 0.15) is 0 Å². The smallest absolute Gasteiger partial charge is 0.427 e. The van der Waals surface area contributed by atoms with Crippen molar-refractivity contribution in [3.05, 3.63) is 0 Å². The molecule has 0 aromatic carbocycles.